The maximum atomic E-state index is 12.8. The quantitative estimate of drug-likeness (QED) is 0.817. The second kappa shape index (κ2) is 6.41. The van der Waals surface area contributed by atoms with Crippen molar-refractivity contribution in [3.05, 3.63) is 26.6 Å². The van der Waals surface area contributed by atoms with Crippen LogP contribution in [0.2, 0.25) is 0 Å². The minimum Gasteiger partial charge on any atom is -0.544 e. The number of hydrogen-bond acceptors (Lipinski definition) is 5. The molecule has 1 aliphatic rings. The number of thiophene rings is 1. The molecule has 0 unspecified atom stereocenters. The third kappa shape index (κ3) is 3.03. The number of rotatable bonds is 4. The Hall–Kier alpha value is -1.73. The van der Waals surface area contributed by atoms with Crippen molar-refractivity contribution in [1.82, 2.24) is 9.55 Å². The molecule has 2 aromatic rings. The molecule has 0 amide bonds. The molecule has 0 aromatic carbocycles. The van der Waals surface area contributed by atoms with Crippen molar-refractivity contribution in [2.45, 2.75) is 39.7 Å². The Bertz CT molecular complexity index is 803. The fourth-order valence-corrected chi connectivity index (χ4v) is 4.40. The number of nitrogens with one attached hydrogen (secondary N) is 1. The van der Waals surface area contributed by atoms with Crippen LogP contribution in [0, 0.1) is 13.8 Å². The lowest BCUT2D eigenvalue weighted by atomic mass is 10.1. The van der Waals surface area contributed by atoms with Crippen LogP contribution in [-0.2, 0) is 6.54 Å². The predicted octanol–water partition coefficient (Wildman–Crippen LogP) is -0.493. The number of fused-ring (bicyclic) bond motifs is 1. The van der Waals surface area contributed by atoms with Gasteiger partial charge in [0.25, 0.3) is 5.56 Å². The van der Waals surface area contributed by atoms with Gasteiger partial charge in [0.1, 0.15) is 10.7 Å². The van der Waals surface area contributed by atoms with Gasteiger partial charge in [-0.2, -0.15) is 0 Å². The van der Waals surface area contributed by atoms with Crippen molar-refractivity contribution in [2.24, 2.45) is 0 Å². The molecule has 124 valence electrons. The summed E-state index contributed by atoms with van der Waals surface area (Å²) in [6, 6.07) is 0. The van der Waals surface area contributed by atoms with Crippen molar-refractivity contribution in [1.29, 1.82) is 0 Å². The maximum Gasteiger partial charge on any atom is 0.262 e. The van der Waals surface area contributed by atoms with E-state index in [1.165, 1.54) is 24.2 Å². The number of carbonyl (C=O) groups is 1. The zero-order valence-corrected chi connectivity index (χ0v) is 14.3. The summed E-state index contributed by atoms with van der Waals surface area (Å²) < 4.78 is 1.68. The molecule has 0 spiro atoms. The predicted molar refractivity (Wildman–Crippen MR) is 87.1 cm³/mol. The summed E-state index contributed by atoms with van der Waals surface area (Å²) in [4.78, 5) is 30.5. The minimum atomic E-state index is -1.24. The number of likely N-dealkylation sites (tertiary alicyclic amines) is 1. The first-order chi connectivity index (χ1) is 11.0. The van der Waals surface area contributed by atoms with E-state index >= 15 is 0 Å². The molecule has 0 radical (unpaired) electrons. The van der Waals surface area contributed by atoms with Crippen molar-refractivity contribution in [3.63, 3.8) is 0 Å². The van der Waals surface area contributed by atoms with Gasteiger partial charge in [-0.15, -0.1) is 11.3 Å². The monoisotopic (exact) mass is 335 g/mol. The number of aryl methyl sites for hydroxylation is 2. The number of nitrogens with zero attached hydrogens (tertiary/aromatic N) is 2. The summed E-state index contributed by atoms with van der Waals surface area (Å²) in [6.45, 7) is 7.32. The molecule has 0 saturated carbocycles. The summed E-state index contributed by atoms with van der Waals surface area (Å²) in [7, 11) is 0. The van der Waals surface area contributed by atoms with E-state index in [1.807, 2.05) is 0 Å². The molecule has 6 nitrogen and oxygen atoms in total. The van der Waals surface area contributed by atoms with Crippen LogP contribution in [-0.4, -0.2) is 35.2 Å². The first-order valence-corrected chi connectivity index (χ1v) is 8.86. The summed E-state index contributed by atoms with van der Waals surface area (Å²) in [5, 5.41) is 11.6. The Kier molecular flexibility index (Phi) is 4.50. The fraction of sp³-hybridized carbons (Fsp3) is 0.562. The highest BCUT2D eigenvalue weighted by atomic mass is 32.1. The number of piperidine rings is 1. The van der Waals surface area contributed by atoms with Gasteiger partial charge in [-0.3, -0.25) is 9.36 Å². The first-order valence-electron chi connectivity index (χ1n) is 8.04. The molecule has 0 aliphatic carbocycles. The highest BCUT2D eigenvalue weighted by Crippen LogP contribution is 2.26. The highest BCUT2D eigenvalue weighted by molar-refractivity contribution is 7.20. The van der Waals surface area contributed by atoms with Gasteiger partial charge in [0.2, 0.25) is 0 Å². The number of carboxylic acid groups (broad SMARTS) is 1. The number of hydrogen-bond donors (Lipinski definition) is 1. The summed E-state index contributed by atoms with van der Waals surface area (Å²) in [6.07, 6.45) is 3.80. The Labute approximate surface area is 138 Å². The van der Waals surface area contributed by atoms with Crippen LogP contribution in [0.4, 0.5) is 0 Å². The van der Waals surface area contributed by atoms with Crippen LogP contribution in [0.1, 0.15) is 40.3 Å². The molecule has 1 fully saturated rings. The van der Waals surface area contributed by atoms with Crippen molar-refractivity contribution >= 4 is 27.5 Å². The van der Waals surface area contributed by atoms with E-state index in [0.29, 0.717) is 28.1 Å². The molecular formula is C16H21N3O3S. The van der Waals surface area contributed by atoms with Crippen molar-refractivity contribution in [3.8, 4) is 0 Å². The molecule has 23 heavy (non-hydrogen) atoms. The summed E-state index contributed by atoms with van der Waals surface area (Å²) in [5.41, 5.74) is 0.340. The van der Waals surface area contributed by atoms with Crippen LogP contribution in [0.15, 0.2) is 4.79 Å². The van der Waals surface area contributed by atoms with Crippen LogP contribution in [0.3, 0.4) is 0 Å². The van der Waals surface area contributed by atoms with Crippen LogP contribution in [0.25, 0.3) is 10.2 Å². The van der Waals surface area contributed by atoms with Crippen LogP contribution in [0.5, 0.6) is 0 Å². The SMILES string of the molecule is Cc1c(C(=O)[O-])sc2nc(C)n(CC[NH+]3CCCCC3)c(=O)c12. The molecule has 0 bridgehead atoms. The molecule has 3 rings (SSSR count). The molecule has 1 N–H and O–H groups in total. The van der Waals surface area contributed by atoms with Crippen LogP contribution >= 0.6 is 11.3 Å². The number of aromatic carboxylic acids is 1. The molecule has 1 aliphatic heterocycles. The normalized spacial score (nSPS) is 16.1. The van der Waals surface area contributed by atoms with E-state index in [0.717, 1.165) is 31.0 Å². The topological polar surface area (TPSA) is 79.5 Å². The van der Waals surface area contributed by atoms with Crippen molar-refractivity contribution < 1.29 is 14.8 Å². The largest absolute Gasteiger partial charge is 0.544 e. The third-order valence-corrected chi connectivity index (χ3v) is 5.84. The number of quaternary nitrogens is 1. The van der Waals surface area contributed by atoms with E-state index in [1.54, 1.807) is 18.4 Å². The molecule has 1 saturated heterocycles. The van der Waals surface area contributed by atoms with E-state index < -0.39 is 5.97 Å². The highest BCUT2D eigenvalue weighted by Gasteiger charge is 2.19. The van der Waals surface area contributed by atoms with Crippen LogP contribution < -0.4 is 15.6 Å². The van der Waals surface area contributed by atoms with E-state index in [-0.39, 0.29) is 10.4 Å². The average molecular weight is 335 g/mol. The van der Waals surface area contributed by atoms with Gasteiger partial charge < -0.3 is 14.8 Å². The Morgan fingerprint density at radius 2 is 2.00 bits per heavy atom. The Morgan fingerprint density at radius 1 is 1.30 bits per heavy atom. The van der Waals surface area contributed by atoms with Gasteiger partial charge in [0.05, 0.1) is 42.4 Å². The number of carboxylic acids is 1. The van der Waals surface area contributed by atoms with E-state index in [2.05, 4.69) is 4.98 Å². The Morgan fingerprint density at radius 3 is 2.65 bits per heavy atom. The molecule has 0 atom stereocenters. The molecule has 3 heterocycles. The molecule has 7 heteroatoms. The first kappa shape index (κ1) is 16.1. The zero-order valence-electron chi connectivity index (χ0n) is 13.5. The lowest BCUT2D eigenvalue weighted by Crippen LogP contribution is -3.13. The fourth-order valence-electron chi connectivity index (χ4n) is 3.35. The second-order valence-electron chi connectivity index (χ2n) is 6.20. The van der Waals surface area contributed by atoms with Gasteiger partial charge in [-0.25, -0.2) is 4.98 Å². The summed E-state index contributed by atoms with van der Waals surface area (Å²) >= 11 is 1.02. The van der Waals surface area contributed by atoms with Crippen molar-refractivity contribution in [2.75, 3.05) is 19.6 Å². The number of carbonyl (C=O) groups excluding carboxylic acids is 1. The lowest BCUT2D eigenvalue weighted by molar-refractivity contribution is -0.905. The van der Waals surface area contributed by atoms with Gasteiger partial charge in [-0.05, 0) is 38.7 Å². The zero-order chi connectivity index (χ0) is 16.6. The molecule has 2 aromatic heterocycles. The maximum absolute atomic E-state index is 12.8. The molecular weight excluding hydrogens is 314 g/mol. The third-order valence-electron chi connectivity index (χ3n) is 4.68. The smallest absolute Gasteiger partial charge is 0.262 e. The Balaban J connectivity index is 1.95. The average Bonchev–Trinajstić information content (AvgIpc) is 2.85. The standard InChI is InChI=1S/C16H21N3O3S/c1-10-12-14(23-13(10)16(21)22)17-11(2)19(15(12)20)9-8-18-6-4-3-5-7-18/h3-9H2,1-2H3,(H,21,22). The van der Waals surface area contributed by atoms with Gasteiger partial charge in [0, 0.05) is 0 Å². The lowest BCUT2D eigenvalue weighted by Gasteiger charge is -2.24. The minimum absolute atomic E-state index is 0.100. The van der Waals surface area contributed by atoms with E-state index in [4.69, 9.17) is 0 Å². The van der Waals surface area contributed by atoms with Gasteiger partial charge in [0.15, 0.2) is 0 Å². The summed E-state index contributed by atoms with van der Waals surface area (Å²) in [5.74, 6) is -0.600. The van der Waals surface area contributed by atoms with Gasteiger partial charge >= 0.3 is 0 Å². The second-order valence-corrected chi connectivity index (χ2v) is 7.20. The van der Waals surface area contributed by atoms with Gasteiger partial charge in [-0.1, -0.05) is 0 Å². The number of aromatic nitrogens is 2. The van der Waals surface area contributed by atoms with E-state index in [9.17, 15) is 14.7 Å².